The van der Waals surface area contributed by atoms with Gasteiger partial charge in [-0.25, -0.2) is 4.39 Å². The van der Waals surface area contributed by atoms with Crippen LogP contribution in [0.1, 0.15) is 30.8 Å². The van der Waals surface area contributed by atoms with E-state index in [1.807, 2.05) is 44.4 Å². The number of rotatable bonds is 3. The minimum absolute atomic E-state index is 0.0127. The fourth-order valence-corrected chi connectivity index (χ4v) is 4.23. The second-order valence-corrected chi connectivity index (χ2v) is 8.24. The van der Waals surface area contributed by atoms with Crippen molar-refractivity contribution in [3.05, 3.63) is 58.7 Å². The highest BCUT2D eigenvalue weighted by Gasteiger charge is 2.36. The molecule has 1 N–H and O–H groups in total. The van der Waals surface area contributed by atoms with E-state index in [2.05, 4.69) is 10.1 Å². The first kappa shape index (κ1) is 19.3. The van der Waals surface area contributed by atoms with Gasteiger partial charge in [-0.1, -0.05) is 19.9 Å². The number of amides is 1. The maximum Gasteiger partial charge on any atom is 0.283 e. The molecule has 0 aliphatic carbocycles. The summed E-state index contributed by atoms with van der Waals surface area (Å²) in [5.74, 6) is -0.566. The van der Waals surface area contributed by atoms with Crippen molar-refractivity contribution < 1.29 is 9.18 Å². The van der Waals surface area contributed by atoms with Crippen molar-refractivity contribution in [3.8, 4) is 5.69 Å². The van der Waals surface area contributed by atoms with E-state index in [4.69, 9.17) is 5.41 Å². The van der Waals surface area contributed by atoms with Gasteiger partial charge in [-0.2, -0.15) is 15.1 Å². The molecule has 0 fully saturated rings. The number of nitrogens with one attached hydrogen (secondary N) is 1. The van der Waals surface area contributed by atoms with Crippen LogP contribution in [0.4, 0.5) is 4.39 Å². The lowest BCUT2D eigenvalue weighted by Gasteiger charge is -2.20. The lowest BCUT2D eigenvalue weighted by molar-refractivity contribution is -0.114. The summed E-state index contributed by atoms with van der Waals surface area (Å²) < 4.78 is 15.6. The molecule has 0 bridgehead atoms. The summed E-state index contributed by atoms with van der Waals surface area (Å²) in [6.07, 6.45) is 1.66. The highest BCUT2D eigenvalue weighted by Crippen LogP contribution is 2.31. The second kappa shape index (κ2) is 7.11. The lowest BCUT2D eigenvalue weighted by Crippen LogP contribution is -2.35. The Morgan fingerprint density at radius 1 is 1.24 bits per heavy atom. The normalized spacial score (nSPS) is 17.9. The molecule has 0 atom stereocenters. The molecule has 1 aromatic carbocycles. The third kappa shape index (κ3) is 3.33. The van der Waals surface area contributed by atoms with Crippen LogP contribution in [0.3, 0.4) is 0 Å². The zero-order valence-electron chi connectivity index (χ0n) is 16.5. The molecular formula is C21H20FN5OS. The van der Waals surface area contributed by atoms with E-state index < -0.39 is 5.91 Å². The number of carbonyl (C=O) groups is 1. The van der Waals surface area contributed by atoms with Crippen molar-refractivity contribution in [1.82, 2.24) is 9.58 Å². The van der Waals surface area contributed by atoms with Crippen molar-refractivity contribution in [2.75, 3.05) is 0 Å². The van der Waals surface area contributed by atoms with Crippen LogP contribution < -0.4 is 0 Å². The number of halogens is 1. The zero-order valence-corrected chi connectivity index (χ0v) is 17.3. The first-order valence-electron chi connectivity index (χ1n) is 9.21. The predicted molar refractivity (Wildman–Crippen MR) is 115 cm³/mol. The van der Waals surface area contributed by atoms with E-state index in [0.717, 1.165) is 22.0 Å². The Bertz CT molecular complexity index is 1140. The van der Waals surface area contributed by atoms with Gasteiger partial charge in [-0.15, -0.1) is 0 Å². The van der Waals surface area contributed by atoms with Crippen LogP contribution >= 0.6 is 11.8 Å². The second-order valence-electron chi connectivity index (χ2n) is 7.25. The summed E-state index contributed by atoms with van der Waals surface area (Å²) in [6.45, 7) is 7.83. The Hall–Kier alpha value is -3.00. The van der Waals surface area contributed by atoms with Crippen LogP contribution in [0.15, 0.2) is 46.0 Å². The summed E-state index contributed by atoms with van der Waals surface area (Å²) in [5, 5.41) is 15.6. The monoisotopic (exact) mass is 409 g/mol. The number of nitrogens with zero attached hydrogens (tertiary/aromatic N) is 4. The van der Waals surface area contributed by atoms with Gasteiger partial charge in [-0.3, -0.25) is 10.2 Å². The number of hydrazone groups is 1. The third-order valence-electron chi connectivity index (χ3n) is 4.80. The molecule has 0 saturated heterocycles. The first-order chi connectivity index (χ1) is 13.8. The van der Waals surface area contributed by atoms with E-state index in [1.165, 1.54) is 28.9 Å². The quantitative estimate of drug-likeness (QED) is 0.758. The van der Waals surface area contributed by atoms with Crippen LogP contribution in [0, 0.1) is 31.0 Å². The number of carbonyl (C=O) groups excluding carboxylic acids is 1. The minimum atomic E-state index is -0.454. The van der Waals surface area contributed by atoms with Crippen LogP contribution in [-0.2, 0) is 4.79 Å². The molecule has 4 rings (SSSR count). The molecule has 0 unspecified atom stereocenters. The molecule has 6 nitrogen and oxygen atoms in total. The number of amidine groups is 2. The van der Waals surface area contributed by atoms with Crippen LogP contribution in [-0.4, -0.2) is 31.5 Å². The number of aryl methyl sites for hydroxylation is 1. The van der Waals surface area contributed by atoms with Crippen molar-refractivity contribution in [2.45, 2.75) is 27.7 Å². The smallest absolute Gasteiger partial charge is 0.283 e. The van der Waals surface area contributed by atoms with Gasteiger partial charge >= 0.3 is 0 Å². The highest BCUT2D eigenvalue weighted by atomic mass is 32.2. The average Bonchev–Trinajstić information content (AvgIpc) is 3.20. The van der Waals surface area contributed by atoms with Crippen LogP contribution in [0.5, 0.6) is 0 Å². The van der Waals surface area contributed by atoms with Crippen LogP contribution in [0.2, 0.25) is 0 Å². The molecule has 0 radical (unpaired) electrons. The van der Waals surface area contributed by atoms with Crippen molar-refractivity contribution >= 4 is 39.8 Å². The fourth-order valence-electron chi connectivity index (χ4n) is 3.34. The third-order valence-corrected chi connectivity index (χ3v) is 6.01. The molecule has 0 saturated carbocycles. The average molecular weight is 409 g/mol. The molecular weight excluding hydrogens is 389 g/mol. The van der Waals surface area contributed by atoms with Gasteiger partial charge in [0.2, 0.25) is 5.17 Å². The molecule has 1 amide bonds. The van der Waals surface area contributed by atoms with E-state index in [9.17, 15) is 9.18 Å². The molecule has 8 heteroatoms. The maximum atomic E-state index is 13.7. The van der Waals surface area contributed by atoms with E-state index in [1.54, 1.807) is 12.1 Å². The number of thioether (sulfide) groups is 1. The summed E-state index contributed by atoms with van der Waals surface area (Å²) in [5.41, 5.74) is 3.41. The molecule has 148 valence electrons. The van der Waals surface area contributed by atoms with Gasteiger partial charge in [0.1, 0.15) is 10.9 Å². The lowest BCUT2D eigenvalue weighted by atomic mass is 10.1. The molecule has 1 aromatic heterocycles. The number of hydrogen-bond donors (Lipinski definition) is 1. The number of benzene rings is 1. The molecule has 3 heterocycles. The number of fused-ring (bicyclic) bond motifs is 1. The van der Waals surface area contributed by atoms with Crippen molar-refractivity contribution in [3.63, 3.8) is 0 Å². The Morgan fingerprint density at radius 3 is 2.69 bits per heavy atom. The standard InChI is InChI=1S/C21H20FN5OS/c1-11(2)20-25-27-18(23)17(19(28)24-21(27)29-20)9-14-8-12(3)26(13(14)4)16-7-5-6-15(22)10-16/h5-11,23H,1-4H3/b17-9-,23-18?. The Kier molecular flexibility index (Phi) is 4.74. The highest BCUT2D eigenvalue weighted by molar-refractivity contribution is 8.27. The predicted octanol–water partition coefficient (Wildman–Crippen LogP) is 4.51. The molecule has 29 heavy (non-hydrogen) atoms. The molecule has 2 aromatic rings. The SMILES string of the molecule is Cc1cc(/C=C2/C(=N)N3N=C(C(C)C)SC3=NC2=O)c(C)n1-c1cccc(F)c1. The minimum Gasteiger partial charge on any atom is -0.318 e. The molecule has 0 spiro atoms. The van der Waals surface area contributed by atoms with Crippen LogP contribution in [0.25, 0.3) is 11.8 Å². The largest absolute Gasteiger partial charge is 0.318 e. The van der Waals surface area contributed by atoms with Crippen molar-refractivity contribution in [2.24, 2.45) is 16.0 Å². The number of hydrogen-bond acceptors (Lipinski definition) is 4. The van der Waals surface area contributed by atoms with Gasteiger partial charge in [-0.05, 0) is 61.5 Å². The molecule has 2 aliphatic rings. The van der Waals surface area contributed by atoms with Gasteiger partial charge < -0.3 is 4.57 Å². The Balaban J connectivity index is 1.75. The van der Waals surface area contributed by atoms with E-state index >= 15 is 0 Å². The van der Waals surface area contributed by atoms with Gasteiger partial charge in [0.25, 0.3) is 5.91 Å². The Morgan fingerprint density at radius 2 is 2.00 bits per heavy atom. The van der Waals surface area contributed by atoms with Gasteiger partial charge in [0.05, 0.1) is 5.57 Å². The maximum absolute atomic E-state index is 13.7. The number of aliphatic imine (C=N–C) groups is 1. The summed E-state index contributed by atoms with van der Waals surface area (Å²) in [6, 6.07) is 8.26. The summed E-state index contributed by atoms with van der Waals surface area (Å²) >= 11 is 1.32. The van der Waals surface area contributed by atoms with Crippen molar-refractivity contribution in [1.29, 1.82) is 5.41 Å². The molecule has 2 aliphatic heterocycles. The zero-order chi connectivity index (χ0) is 20.9. The topological polar surface area (TPSA) is 73.8 Å². The van der Waals surface area contributed by atoms with E-state index in [0.29, 0.717) is 10.9 Å². The Labute approximate surface area is 172 Å². The number of aromatic nitrogens is 1. The fraction of sp³-hybridized carbons (Fsp3) is 0.238. The summed E-state index contributed by atoms with van der Waals surface area (Å²) in [7, 11) is 0. The van der Waals surface area contributed by atoms with Gasteiger partial charge in [0.15, 0.2) is 5.84 Å². The summed E-state index contributed by atoms with van der Waals surface area (Å²) in [4.78, 5) is 16.7. The van der Waals surface area contributed by atoms with E-state index in [-0.39, 0.29) is 23.1 Å². The first-order valence-corrected chi connectivity index (χ1v) is 10.0. The van der Waals surface area contributed by atoms with Gasteiger partial charge in [0, 0.05) is 23.0 Å².